The Labute approximate surface area is 122 Å². The van der Waals surface area contributed by atoms with E-state index >= 15 is 0 Å². The molecule has 1 aromatic carbocycles. The van der Waals surface area contributed by atoms with Gasteiger partial charge in [0, 0.05) is 31.9 Å². The van der Waals surface area contributed by atoms with Crippen LogP contribution in [-0.4, -0.2) is 42.7 Å². The fourth-order valence-corrected chi connectivity index (χ4v) is 2.58. The molecule has 4 nitrogen and oxygen atoms in total. The topological polar surface area (TPSA) is 43.8 Å². The molecular formula is C16H26N2O2. The molecule has 1 N–H and O–H groups in total. The number of nitrogens with zero attached hydrogens (tertiary/aromatic N) is 2. The molecule has 0 saturated heterocycles. The number of anilines is 1. The van der Waals surface area contributed by atoms with E-state index in [4.69, 9.17) is 5.11 Å². The second-order valence-electron chi connectivity index (χ2n) is 5.44. The highest BCUT2D eigenvalue weighted by atomic mass is 16.4. The van der Waals surface area contributed by atoms with Crippen LogP contribution in [0.25, 0.3) is 0 Å². The van der Waals surface area contributed by atoms with Crippen molar-refractivity contribution >= 4 is 11.7 Å². The van der Waals surface area contributed by atoms with Gasteiger partial charge in [-0.25, -0.2) is 0 Å². The van der Waals surface area contributed by atoms with Gasteiger partial charge in [-0.05, 0) is 38.1 Å². The first kappa shape index (κ1) is 16.5. The predicted octanol–water partition coefficient (Wildman–Crippen LogP) is 3.00. The van der Waals surface area contributed by atoms with E-state index in [0.717, 1.165) is 6.54 Å². The summed E-state index contributed by atoms with van der Waals surface area (Å²) in [5.74, 6) is -0.744. The Kier molecular flexibility index (Phi) is 6.02. The maximum absolute atomic E-state index is 10.9. The highest BCUT2D eigenvalue weighted by molar-refractivity contribution is 5.67. The Morgan fingerprint density at radius 1 is 1.20 bits per heavy atom. The summed E-state index contributed by atoms with van der Waals surface area (Å²) in [6.45, 7) is 7.02. The number of aliphatic carboxylic acids is 1. The third-order valence-electron chi connectivity index (χ3n) is 3.79. The Hall–Kier alpha value is -1.55. The Morgan fingerprint density at radius 3 is 2.15 bits per heavy atom. The lowest BCUT2D eigenvalue weighted by Gasteiger charge is -2.33. The third-order valence-corrected chi connectivity index (χ3v) is 3.79. The number of carboxylic acid groups (broad SMARTS) is 1. The smallest absolute Gasteiger partial charge is 0.304 e. The second-order valence-corrected chi connectivity index (χ2v) is 5.44. The van der Waals surface area contributed by atoms with Crippen molar-refractivity contribution in [3.05, 3.63) is 29.8 Å². The largest absolute Gasteiger partial charge is 0.481 e. The van der Waals surface area contributed by atoms with Gasteiger partial charge in [-0.3, -0.25) is 9.69 Å². The van der Waals surface area contributed by atoms with Crippen LogP contribution in [0.3, 0.4) is 0 Å². The van der Waals surface area contributed by atoms with Crippen LogP contribution in [-0.2, 0) is 4.79 Å². The van der Waals surface area contributed by atoms with Gasteiger partial charge in [0.05, 0.1) is 6.42 Å². The van der Waals surface area contributed by atoms with Crippen LogP contribution in [0.15, 0.2) is 24.3 Å². The molecule has 0 spiro atoms. The summed E-state index contributed by atoms with van der Waals surface area (Å²) in [7, 11) is 4.04. The van der Waals surface area contributed by atoms with E-state index in [1.54, 1.807) is 0 Å². The van der Waals surface area contributed by atoms with Crippen molar-refractivity contribution in [2.24, 2.45) is 0 Å². The number of carbonyl (C=O) groups is 1. The maximum atomic E-state index is 10.9. The van der Waals surface area contributed by atoms with Crippen LogP contribution in [0.5, 0.6) is 0 Å². The molecule has 0 aliphatic carbocycles. The van der Waals surface area contributed by atoms with Gasteiger partial charge < -0.3 is 10.0 Å². The molecule has 0 aliphatic heterocycles. The lowest BCUT2D eigenvalue weighted by molar-refractivity contribution is -0.138. The Balaban J connectivity index is 2.84. The van der Waals surface area contributed by atoms with E-state index in [-0.39, 0.29) is 18.5 Å². The molecule has 0 radical (unpaired) electrons. The Morgan fingerprint density at radius 2 is 1.75 bits per heavy atom. The molecule has 20 heavy (non-hydrogen) atoms. The molecule has 0 heterocycles. The number of benzene rings is 1. The molecule has 112 valence electrons. The van der Waals surface area contributed by atoms with Gasteiger partial charge in [-0.2, -0.15) is 0 Å². The van der Waals surface area contributed by atoms with Crippen LogP contribution >= 0.6 is 0 Å². The predicted molar refractivity (Wildman–Crippen MR) is 83.3 cm³/mol. The zero-order valence-electron chi connectivity index (χ0n) is 13.1. The summed E-state index contributed by atoms with van der Waals surface area (Å²) in [6.07, 6.45) is 0.175. The van der Waals surface area contributed by atoms with Crippen molar-refractivity contribution in [3.63, 3.8) is 0 Å². The maximum Gasteiger partial charge on any atom is 0.304 e. The zero-order chi connectivity index (χ0) is 15.3. The molecule has 0 aliphatic rings. The fourth-order valence-electron chi connectivity index (χ4n) is 2.58. The van der Waals surface area contributed by atoms with Gasteiger partial charge in [0.1, 0.15) is 0 Å². The zero-order valence-corrected chi connectivity index (χ0v) is 13.1. The van der Waals surface area contributed by atoms with E-state index in [1.165, 1.54) is 11.3 Å². The summed E-state index contributed by atoms with van der Waals surface area (Å²) < 4.78 is 0. The van der Waals surface area contributed by atoms with Gasteiger partial charge in [0.25, 0.3) is 0 Å². The lowest BCUT2D eigenvalue weighted by Crippen LogP contribution is -2.36. The second kappa shape index (κ2) is 7.29. The number of hydrogen-bond acceptors (Lipinski definition) is 3. The molecule has 0 aromatic heterocycles. The van der Waals surface area contributed by atoms with Crippen molar-refractivity contribution in [3.8, 4) is 0 Å². The first-order valence-electron chi connectivity index (χ1n) is 7.11. The average molecular weight is 278 g/mol. The van der Waals surface area contributed by atoms with Crippen molar-refractivity contribution < 1.29 is 9.90 Å². The summed E-state index contributed by atoms with van der Waals surface area (Å²) >= 11 is 0. The summed E-state index contributed by atoms with van der Waals surface area (Å²) in [6, 6.07) is 8.68. The molecule has 0 bridgehead atoms. The minimum atomic E-state index is -0.744. The van der Waals surface area contributed by atoms with E-state index in [0.29, 0.717) is 0 Å². The number of rotatable bonds is 7. The quantitative estimate of drug-likeness (QED) is 0.832. The molecule has 0 saturated carbocycles. The summed E-state index contributed by atoms with van der Waals surface area (Å²) in [4.78, 5) is 15.2. The number of carboxylic acids is 1. The van der Waals surface area contributed by atoms with E-state index in [9.17, 15) is 4.79 Å². The first-order valence-corrected chi connectivity index (χ1v) is 7.11. The van der Waals surface area contributed by atoms with E-state index in [2.05, 4.69) is 47.9 Å². The lowest BCUT2D eigenvalue weighted by atomic mass is 10.0. The summed E-state index contributed by atoms with van der Waals surface area (Å²) in [5, 5.41) is 8.95. The SMILES string of the molecule is CCN(C(C)CC(=O)O)C(C)c1ccc(N(C)C)cc1. The molecular weight excluding hydrogens is 252 g/mol. The van der Waals surface area contributed by atoms with Crippen molar-refractivity contribution in [1.29, 1.82) is 0 Å². The number of hydrogen-bond donors (Lipinski definition) is 1. The van der Waals surface area contributed by atoms with Crippen LogP contribution < -0.4 is 4.90 Å². The average Bonchev–Trinajstić information content (AvgIpc) is 2.38. The fraction of sp³-hybridized carbons (Fsp3) is 0.562. The normalized spacial score (nSPS) is 14.1. The summed E-state index contributed by atoms with van der Waals surface area (Å²) in [5.41, 5.74) is 2.39. The van der Waals surface area contributed by atoms with Gasteiger partial charge in [0.15, 0.2) is 0 Å². The third kappa shape index (κ3) is 4.23. The molecule has 0 fully saturated rings. The molecule has 1 aromatic rings. The molecule has 2 unspecified atom stereocenters. The minimum Gasteiger partial charge on any atom is -0.481 e. The van der Waals surface area contributed by atoms with Crippen LogP contribution in [0.2, 0.25) is 0 Å². The molecule has 1 rings (SSSR count). The van der Waals surface area contributed by atoms with Gasteiger partial charge in [-0.1, -0.05) is 19.1 Å². The standard InChI is InChI=1S/C16H26N2O2/c1-6-18(12(2)11-16(19)20)13(3)14-7-9-15(10-8-14)17(4)5/h7-10,12-13H,6,11H2,1-5H3,(H,19,20). The van der Waals surface area contributed by atoms with Crippen LogP contribution in [0, 0.1) is 0 Å². The highest BCUT2D eigenvalue weighted by Gasteiger charge is 2.21. The highest BCUT2D eigenvalue weighted by Crippen LogP contribution is 2.25. The molecule has 2 atom stereocenters. The van der Waals surface area contributed by atoms with Crippen molar-refractivity contribution in [2.75, 3.05) is 25.5 Å². The van der Waals surface area contributed by atoms with Crippen LogP contribution in [0.1, 0.15) is 38.8 Å². The van der Waals surface area contributed by atoms with Crippen molar-refractivity contribution in [1.82, 2.24) is 4.90 Å². The van der Waals surface area contributed by atoms with Gasteiger partial charge >= 0.3 is 5.97 Å². The molecule has 4 heteroatoms. The molecule has 0 amide bonds. The van der Waals surface area contributed by atoms with Gasteiger partial charge in [-0.15, -0.1) is 0 Å². The van der Waals surface area contributed by atoms with E-state index < -0.39 is 5.97 Å². The Bertz CT molecular complexity index is 429. The minimum absolute atomic E-state index is 0.0287. The monoisotopic (exact) mass is 278 g/mol. The van der Waals surface area contributed by atoms with E-state index in [1.807, 2.05) is 21.0 Å². The van der Waals surface area contributed by atoms with Crippen LogP contribution in [0.4, 0.5) is 5.69 Å². The first-order chi connectivity index (χ1) is 9.36. The van der Waals surface area contributed by atoms with Crippen molar-refractivity contribution in [2.45, 2.75) is 39.3 Å². The van der Waals surface area contributed by atoms with Gasteiger partial charge in [0.2, 0.25) is 0 Å².